The van der Waals surface area contributed by atoms with Crippen LogP contribution in [-0.4, -0.2) is 29.5 Å². The van der Waals surface area contributed by atoms with Gasteiger partial charge in [0, 0.05) is 19.1 Å². The Kier molecular flexibility index (Phi) is 6.19. The lowest BCUT2D eigenvalue weighted by Gasteiger charge is -2.38. The molecule has 1 aliphatic heterocycles. The number of hydrogen-bond acceptors (Lipinski definition) is 3. The van der Waals surface area contributed by atoms with Crippen molar-refractivity contribution in [1.82, 2.24) is 10.2 Å². The average Bonchev–Trinajstić information content (AvgIpc) is 3.63. The first-order valence-corrected chi connectivity index (χ1v) is 12.0. The van der Waals surface area contributed by atoms with E-state index in [4.69, 9.17) is 4.74 Å². The monoisotopic (exact) mass is 440 g/mol. The lowest BCUT2D eigenvalue weighted by molar-refractivity contribution is -0.127. The number of carbonyl (C=O) groups excluding carboxylic acids is 1. The molecule has 4 nitrogen and oxygen atoms in total. The maximum absolute atomic E-state index is 12.4. The van der Waals surface area contributed by atoms with E-state index in [1.807, 2.05) is 13.0 Å². The molecule has 1 fully saturated rings. The molecule has 5 rings (SSSR count). The van der Waals surface area contributed by atoms with E-state index in [0.717, 1.165) is 38.1 Å². The standard InChI is InChI=1S/C29H32N2O2/c1-20-7-6-8-22(17-20)19-31-16-15-23-11-14-26(33-21(2)29(32)30-25-12-13-25)18-27(23)28(31)24-9-4-3-5-10-24/h3-11,14,17-18,21,25,28H,12-13,15-16,19H2,1-2H3,(H,30,32)/t21-,28+/m0/s1. The minimum Gasteiger partial charge on any atom is -0.481 e. The summed E-state index contributed by atoms with van der Waals surface area (Å²) in [4.78, 5) is 15.0. The quantitative estimate of drug-likeness (QED) is 0.550. The van der Waals surface area contributed by atoms with Crippen molar-refractivity contribution in [3.8, 4) is 5.75 Å². The Morgan fingerprint density at radius 3 is 2.64 bits per heavy atom. The van der Waals surface area contributed by atoms with Gasteiger partial charge in [0.2, 0.25) is 0 Å². The molecule has 0 radical (unpaired) electrons. The minimum atomic E-state index is -0.509. The molecule has 3 aromatic carbocycles. The molecule has 0 bridgehead atoms. The highest BCUT2D eigenvalue weighted by Gasteiger charge is 2.30. The summed E-state index contributed by atoms with van der Waals surface area (Å²) in [5.74, 6) is 0.724. The average molecular weight is 441 g/mol. The Labute approximate surface area is 196 Å². The molecule has 3 aromatic rings. The molecule has 170 valence electrons. The fourth-order valence-electron chi connectivity index (χ4n) is 4.76. The van der Waals surface area contributed by atoms with Gasteiger partial charge in [0.05, 0.1) is 6.04 Å². The van der Waals surface area contributed by atoms with E-state index in [1.165, 1.54) is 27.8 Å². The number of benzene rings is 3. The van der Waals surface area contributed by atoms with Gasteiger partial charge in [0.15, 0.2) is 6.10 Å². The molecule has 33 heavy (non-hydrogen) atoms. The zero-order valence-electron chi connectivity index (χ0n) is 19.5. The zero-order chi connectivity index (χ0) is 22.8. The summed E-state index contributed by atoms with van der Waals surface area (Å²) < 4.78 is 6.09. The first kappa shape index (κ1) is 21.7. The molecule has 0 unspecified atom stereocenters. The largest absolute Gasteiger partial charge is 0.481 e. The van der Waals surface area contributed by atoms with Crippen LogP contribution < -0.4 is 10.1 Å². The zero-order valence-corrected chi connectivity index (χ0v) is 19.5. The third kappa shape index (κ3) is 5.12. The number of hydrogen-bond donors (Lipinski definition) is 1. The molecule has 2 aliphatic rings. The van der Waals surface area contributed by atoms with E-state index in [-0.39, 0.29) is 11.9 Å². The molecule has 2 atom stereocenters. The summed E-state index contributed by atoms with van der Waals surface area (Å²) >= 11 is 0. The van der Waals surface area contributed by atoms with Crippen molar-refractivity contribution in [2.45, 2.75) is 57.8 Å². The van der Waals surface area contributed by atoms with Crippen LogP contribution in [0.5, 0.6) is 5.75 Å². The Balaban J connectivity index is 1.44. The van der Waals surface area contributed by atoms with Crippen molar-refractivity contribution < 1.29 is 9.53 Å². The molecule has 1 saturated carbocycles. The minimum absolute atomic E-state index is 0.0316. The number of carbonyl (C=O) groups is 1. The second-order valence-corrected chi connectivity index (χ2v) is 9.43. The molecular formula is C29H32N2O2. The van der Waals surface area contributed by atoms with Crippen molar-refractivity contribution in [2.75, 3.05) is 6.54 Å². The van der Waals surface area contributed by atoms with Crippen LogP contribution in [0.4, 0.5) is 0 Å². The van der Waals surface area contributed by atoms with Crippen LogP contribution in [0.15, 0.2) is 72.8 Å². The highest BCUT2D eigenvalue weighted by atomic mass is 16.5. The van der Waals surface area contributed by atoms with E-state index >= 15 is 0 Å². The highest BCUT2D eigenvalue weighted by Crippen LogP contribution is 2.38. The third-order valence-corrected chi connectivity index (χ3v) is 6.63. The third-order valence-electron chi connectivity index (χ3n) is 6.63. The first-order valence-electron chi connectivity index (χ1n) is 12.0. The van der Waals surface area contributed by atoms with Crippen molar-refractivity contribution >= 4 is 5.91 Å². The van der Waals surface area contributed by atoms with E-state index in [9.17, 15) is 4.79 Å². The van der Waals surface area contributed by atoms with E-state index < -0.39 is 6.10 Å². The summed E-state index contributed by atoms with van der Waals surface area (Å²) in [6.45, 7) is 5.87. The van der Waals surface area contributed by atoms with Crippen molar-refractivity contribution in [1.29, 1.82) is 0 Å². The van der Waals surface area contributed by atoms with Gasteiger partial charge < -0.3 is 10.1 Å². The van der Waals surface area contributed by atoms with Crippen molar-refractivity contribution in [3.05, 3.63) is 101 Å². The molecule has 0 aromatic heterocycles. The molecule has 4 heteroatoms. The smallest absolute Gasteiger partial charge is 0.260 e. The van der Waals surface area contributed by atoms with Crippen molar-refractivity contribution in [2.24, 2.45) is 0 Å². The molecule has 0 spiro atoms. The van der Waals surface area contributed by atoms with E-state index in [1.54, 1.807) is 0 Å². The van der Waals surface area contributed by atoms with Gasteiger partial charge in [-0.1, -0.05) is 66.2 Å². The summed E-state index contributed by atoms with van der Waals surface area (Å²) in [5, 5.41) is 3.04. The van der Waals surface area contributed by atoms with Gasteiger partial charge >= 0.3 is 0 Å². The fraction of sp³-hybridized carbons (Fsp3) is 0.345. The van der Waals surface area contributed by atoms with Crippen LogP contribution in [0.2, 0.25) is 0 Å². The Morgan fingerprint density at radius 2 is 1.88 bits per heavy atom. The molecule has 1 aliphatic carbocycles. The van der Waals surface area contributed by atoms with Gasteiger partial charge in [0.1, 0.15) is 5.75 Å². The predicted octanol–water partition coefficient (Wildman–Crippen LogP) is 5.19. The number of fused-ring (bicyclic) bond motifs is 1. The van der Waals surface area contributed by atoms with Crippen LogP contribution >= 0.6 is 0 Å². The number of amides is 1. The van der Waals surface area contributed by atoms with Crippen LogP contribution in [0.25, 0.3) is 0 Å². The number of nitrogens with zero attached hydrogens (tertiary/aromatic N) is 1. The normalized spacial score (nSPS) is 18.9. The fourth-order valence-corrected chi connectivity index (χ4v) is 4.76. The molecule has 1 amide bonds. The van der Waals surface area contributed by atoms with Crippen LogP contribution in [0.1, 0.15) is 53.6 Å². The maximum atomic E-state index is 12.4. The van der Waals surface area contributed by atoms with E-state index in [0.29, 0.717) is 6.04 Å². The van der Waals surface area contributed by atoms with Gasteiger partial charge in [-0.2, -0.15) is 0 Å². The van der Waals surface area contributed by atoms with Gasteiger partial charge in [0.25, 0.3) is 5.91 Å². The molecule has 0 saturated heterocycles. The highest BCUT2D eigenvalue weighted by molar-refractivity contribution is 5.81. The number of rotatable bonds is 7. The number of aryl methyl sites for hydroxylation is 1. The second kappa shape index (κ2) is 9.40. The SMILES string of the molecule is Cc1cccc(CN2CCc3ccc(O[C@@H](C)C(=O)NC4CC4)cc3[C@H]2c2ccccc2)c1. The van der Waals surface area contributed by atoms with Gasteiger partial charge in [-0.3, -0.25) is 9.69 Å². The molecule has 1 heterocycles. The Hall–Kier alpha value is -3.11. The van der Waals surface area contributed by atoms with Gasteiger partial charge in [-0.25, -0.2) is 0 Å². The Morgan fingerprint density at radius 1 is 1.06 bits per heavy atom. The lowest BCUT2D eigenvalue weighted by atomic mass is 9.87. The van der Waals surface area contributed by atoms with Crippen LogP contribution in [-0.2, 0) is 17.8 Å². The topological polar surface area (TPSA) is 41.6 Å². The van der Waals surface area contributed by atoms with Gasteiger partial charge in [-0.15, -0.1) is 0 Å². The molecular weight excluding hydrogens is 408 g/mol. The second-order valence-electron chi connectivity index (χ2n) is 9.43. The van der Waals surface area contributed by atoms with E-state index in [2.05, 4.69) is 83.9 Å². The van der Waals surface area contributed by atoms with Crippen LogP contribution in [0.3, 0.4) is 0 Å². The summed E-state index contributed by atoms with van der Waals surface area (Å²) in [6.07, 6.45) is 2.65. The maximum Gasteiger partial charge on any atom is 0.260 e. The summed E-state index contributed by atoms with van der Waals surface area (Å²) in [5.41, 5.74) is 6.52. The Bertz CT molecular complexity index is 1120. The number of nitrogens with one attached hydrogen (secondary N) is 1. The van der Waals surface area contributed by atoms with Crippen molar-refractivity contribution in [3.63, 3.8) is 0 Å². The molecule has 1 N–H and O–H groups in total. The first-order chi connectivity index (χ1) is 16.1. The lowest BCUT2D eigenvalue weighted by Crippen LogP contribution is -2.38. The number of ether oxygens (including phenoxy) is 1. The summed E-state index contributed by atoms with van der Waals surface area (Å²) in [6, 6.07) is 26.3. The van der Waals surface area contributed by atoms with Crippen LogP contribution in [0, 0.1) is 6.92 Å². The van der Waals surface area contributed by atoms with Gasteiger partial charge in [-0.05, 0) is 67.5 Å². The summed E-state index contributed by atoms with van der Waals surface area (Å²) in [7, 11) is 0. The predicted molar refractivity (Wildman–Crippen MR) is 131 cm³/mol.